The fourth-order valence-electron chi connectivity index (χ4n) is 1.42. The van der Waals surface area contributed by atoms with Gasteiger partial charge < -0.3 is 0 Å². The molecule has 0 bridgehead atoms. The van der Waals surface area contributed by atoms with E-state index in [1.165, 1.54) is 4.80 Å². The largest absolute Gasteiger partial charge is 0.229 e. The normalized spacial score (nSPS) is 11.7. The number of aryl methyl sites for hydroxylation is 1. The average Bonchev–Trinajstić information content (AvgIpc) is 2.86. The summed E-state index contributed by atoms with van der Waals surface area (Å²) in [4.78, 5) is 1.31. The molecular formula is C11H13BrN4O2S. The van der Waals surface area contributed by atoms with Gasteiger partial charge >= 0.3 is 0 Å². The lowest BCUT2D eigenvalue weighted by atomic mass is 10.2. The highest BCUT2D eigenvalue weighted by molar-refractivity contribution is 9.10. The van der Waals surface area contributed by atoms with Gasteiger partial charge in [-0.15, -0.1) is 10.2 Å². The summed E-state index contributed by atoms with van der Waals surface area (Å²) < 4.78 is 23.8. The van der Waals surface area contributed by atoms with Crippen LogP contribution in [0.3, 0.4) is 0 Å². The van der Waals surface area contributed by atoms with E-state index in [9.17, 15) is 8.42 Å². The molecule has 19 heavy (non-hydrogen) atoms. The average molecular weight is 345 g/mol. The van der Waals surface area contributed by atoms with Crippen molar-refractivity contribution in [2.45, 2.75) is 13.5 Å². The molecule has 1 aromatic carbocycles. The molecule has 0 spiro atoms. The highest BCUT2D eigenvalue weighted by Crippen LogP contribution is 2.17. The first-order chi connectivity index (χ1) is 9.00. The number of halogens is 1. The monoisotopic (exact) mass is 344 g/mol. The van der Waals surface area contributed by atoms with Gasteiger partial charge in [0.2, 0.25) is 5.82 Å². The zero-order valence-electron chi connectivity index (χ0n) is 10.3. The number of hydrogen-bond donors (Lipinski definition) is 0. The molecule has 0 aliphatic carbocycles. The molecule has 0 aliphatic heterocycles. The van der Waals surface area contributed by atoms with Crippen molar-refractivity contribution in [2.24, 2.45) is 0 Å². The Morgan fingerprint density at radius 1 is 1.26 bits per heavy atom. The van der Waals surface area contributed by atoms with E-state index in [-0.39, 0.29) is 18.1 Å². The number of rotatable bonds is 5. The molecule has 1 aromatic heterocycles. The summed E-state index contributed by atoms with van der Waals surface area (Å²) in [5.74, 6) is 0.641. The molecule has 0 saturated carbocycles. The Hall–Kier alpha value is -1.28. The van der Waals surface area contributed by atoms with Gasteiger partial charge in [0.15, 0.2) is 9.84 Å². The molecular weight excluding hydrogens is 332 g/mol. The zero-order valence-corrected chi connectivity index (χ0v) is 12.7. The quantitative estimate of drug-likeness (QED) is 0.821. The highest BCUT2D eigenvalue weighted by Gasteiger charge is 2.10. The smallest absolute Gasteiger partial charge is 0.204 e. The Morgan fingerprint density at radius 3 is 2.58 bits per heavy atom. The van der Waals surface area contributed by atoms with Crippen LogP contribution in [0.1, 0.15) is 6.92 Å². The molecule has 1 heterocycles. The summed E-state index contributed by atoms with van der Waals surface area (Å²) in [6, 6.07) is 7.51. The van der Waals surface area contributed by atoms with Gasteiger partial charge in [-0.3, -0.25) is 0 Å². The van der Waals surface area contributed by atoms with E-state index in [1.54, 1.807) is 6.92 Å². The van der Waals surface area contributed by atoms with Crippen molar-refractivity contribution in [3.05, 3.63) is 28.7 Å². The Morgan fingerprint density at radius 2 is 1.95 bits per heavy atom. The fraction of sp³-hybridized carbons (Fsp3) is 0.364. The van der Waals surface area contributed by atoms with Gasteiger partial charge in [-0.2, -0.15) is 4.80 Å². The van der Waals surface area contributed by atoms with Crippen LogP contribution >= 0.6 is 15.9 Å². The van der Waals surface area contributed by atoms with Gasteiger partial charge in [0.05, 0.1) is 12.3 Å². The molecule has 2 rings (SSSR count). The predicted molar refractivity (Wildman–Crippen MR) is 75.3 cm³/mol. The lowest BCUT2D eigenvalue weighted by molar-refractivity contribution is 0.538. The molecule has 8 heteroatoms. The number of tetrazole rings is 1. The molecule has 0 unspecified atom stereocenters. The molecule has 0 radical (unpaired) electrons. The SMILES string of the molecule is CCS(=O)(=O)CCn1nnc(-c2ccc(Br)cc2)n1. The fourth-order valence-corrected chi connectivity index (χ4v) is 2.41. The number of aromatic nitrogens is 4. The lowest BCUT2D eigenvalue weighted by Gasteiger charge is -1.99. The maximum Gasteiger partial charge on any atom is 0.204 e. The van der Waals surface area contributed by atoms with E-state index in [0.29, 0.717) is 5.82 Å². The van der Waals surface area contributed by atoms with Crippen LogP contribution in [0, 0.1) is 0 Å². The third-order valence-corrected chi connectivity index (χ3v) is 4.81. The standard InChI is InChI=1S/C11H13BrN4O2S/c1-2-19(17,18)8-7-16-14-11(13-15-16)9-3-5-10(12)6-4-9/h3-6H,2,7-8H2,1H3. The van der Waals surface area contributed by atoms with E-state index in [4.69, 9.17) is 0 Å². The van der Waals surface area contributed by atoms with Crippen molar-refractivity contribution in [2.75, 3.05) is 11.5 Å². The van der Waals surface area contributed by atoms with Crippen LogP contribution in [0.15, 0.2) is 28.7 Å². The maximum atomic E-state index is 11.4. The van der Waals surface area contributed by atoms with E-state index < -0.39 is 9.84 Å². The van der Waals surface area contributed by atoms with Crippen LogP contribution in [-0.2, 0) is 16.4 Å². The second-order valence-corrected chi connectivity index (χ2v) is 7.34. The van der Waals surface area contributed by atoms with E-state index in [2.05, 4.69) is 31.3 Å². The van der Waals surface area contributed by atoms with E-state index in [1.807, 2.05) is 24.3 Å². The van der Waals surface area contributed by atoms with Crippen LogP contribution < -0.4 is 0 Å². The maximum absolute atomic E-state index is 11.4. The third kappa shape index (κ3) is 3.84. The second kappa shape index (κ2) is 5.79. The Bertz CT molecular complexity index is 652. The summed E-state index contributed by atoms with van der Waals surface area (Å²) in [5, 5.41) is 11.9. The van der Waals surface area contributed by atoms with Crippen molar-refractivity contribution in [3.8, 4) is 11.4 Å². The van der Waals surface area contributed by atoms with Gasteiger partial charge in [-0.1, -0.05) is 22.9 Å². The Kier molecular flexibility index (Phi) is 4.31. The minimum Gasteiger partial charge on any atom is -0.229 e. The molecule has 0 amide bonds. The van der Waals surface area contributed by atoms with Gasteiger partial charge in [-0.25, -0.2) is 8.42 Å². The summed E-state index contributed by atoms with van der Waals surface area (Å²) in [7, 11) is -3.01. The lowest BCUT2D eigenvalue weighted by Crippen LogP contribution is -2.16. The summed E-state index contributed by atoms with van der Waals surface area (Å²) >= 11 is 3.35. The minimum atomic E-state index is -3.01. The van der Waals surface area contributed by atoms with Gasteiger partial charge in [-0.05, 0) is 29.5 Å². The first kappa shape index (κ1) is 14.1. The van der Waals surface area contributed by atoms with Gasteiger partial charge in [0.1, 0.15) is 0 Å². The van der Waals surface area contributed by atoms with Gasteiger partial charge in [0, 0.05) is 15.8 Å². The van der Waals surface area contributed by atoms with E-state index in [0.717, 1.165) is 10.0 Å². The van der Waals surface area contributed by atoms with Crippen LogP contribution in [-0.4, -0.2) is 40.1 Å². The van der Waals surface area contributed by atoms with Crippen molar-refractivity contribution in [1.82, 2.24) is 20.2 Å². The second-order valence-electron chi connectivity index (χ2n) is 3.95. The summed E-state index contributed by atoms with van der Waals surface area (Å²) in [6.45, 7) is 1.84. The number of sulfone groups is 1. The number of benzene rings is 1. The first-order valence-corrected chi connectivity index (χ1v) is 8.36. The van der Waals surface area contributed by atoms with Crippen LogP contribution in [0.2, 0.25) is 0 Å². The molecule has 0 N–H and O–H groups in total. The van der Waals surface area contributed by atoms with Crippen molar-refractivity contribution >= 4 is 25.8 Å². The van der Waals surface area contributed by atoms with Crippen molar-refractivity contribution in [3.63, 3.8) is 0 Å². The molecule has 0 fully saturated rings. The van der Waals surface area contributed by atoms with Crippen molar-refractivity contribution < 1.29 is 8.42 Å². The van der Waals surface area contributed by atoms with Crippen LogP contribution in [0.4, 0.5) is 0 Å². The zero-order chi connectivity index (χ0) is 13.9. The Labute approximate surface area is 119 Å². The molecule has 2 aromatic rings. The molecule has 0 atom stereocenters. The Balaban J connectivity index is 2.09. The van der Waals surface area contributed by atoms with Crippen molar-refractivity contribution in [1.29, 1.82) is 0 Å². The summed E-state index contributed by atoms with van der Waals surface area (Å²) in [6.07, 6.45) is 0. The first-order valence-electron chi connectivity index (χ1n) is 5.74. The highest BCUT2D eigenvalue weighted by atomic mass is 79.9. The van der Waals surface area contributed by atoms with Crippen LogP contribution in [0.25, 0.3) is 11.4 Å². The molecule has 6 nitrogen and oxygen atoms in total. The number of nitrogens with zero attached hydrogens (tertiary/aromatic N) is 4. The molecule has 102 valence electrons. The number of hydrogen-bond acceptors (Lipinski definition) is 5. The minimum absolute atomic E-state index is 0.0274. The van der Waals surface area contributed by atoms with E-state index >= 15 is 0 Å². The predicted octanol–water partition coefficient (Wildman–Crippen LogP) is 1.54. The van der Waals surface area contributed by atoms with Gasteiger partial charge in [0.25, 0.3) is 0 Å². The summed E-state index contributed by atoms with van der Waals surface area (Å²) in [5.41, 5.74) is 0.841. The molecule has 0 aliphatic rings. The topological polar surface area (TPSA) is 77.7 Å². The van der Waals surface area contributed by atoms with Crippen LogP contribution in [0.5, 0.6) is 0 Å². The molecule has 0 saturated heterocycles. The third-order valence-electron chi connectivity index (χ3n) is 2.60.